The van der Waals surface area contributed by atoms with Crippen LogP contribution in [-0.2, 0) is 10.5 Å². The number of carbonyl (C=O) groups excluding carboxylic acids is 1. The minimum absolute atomic E-state index is 0.0260. The van der Waals surface area contributed by atoms with Crippen LogP contribution in [0.15, 0.2) is 36.4 Å². The number of amides is 1. The Labute approximate surface area is 145 Å². The molecule has 0 spiro atoms. The Kier molecular flexibility index (Phi) is 6.18. The van der Waals surface area contributed by atoms with Gasteiger partial charge in [-0.15, -0.1) is 11.8 Å². The van der Waals surface area contributed by atoms with Gasteiger partial charge in [-0.05, 0) is 48.7 Å². The number of hydrogen-bond donors (Lipinski definition) is 1. The topological polar surface area (TPSA) is 29.1 Å². The van der Waals surface area contributed by atoms with Crippen molar-refractivity contribution in [3.8, 4) is 0 Å². The molecule has 116 valence electrons. The molecule has 0 aromatic heterocycles. The molecular formula is C17H17Cl2NOS. The molecular weight excluding hydrogens is 337 g/mol. The van der Waals surface area contributed by atoms with Gasteiger partial charge in [-0.3, -0.25) is 4.79 Å². The molecule has 2 rings (SSSR count). The predicted molar refractivity (Wildman–Crippen MR) is 97.2 cm³/mol. The number of anilines is 1. The van der Waals surface area contributed by atoms with E-state index in [1.807, 2.05) is 38.1 Å². The molecule has 2 aromatic carbocycles. The van der Waals surface area contributed by atoms with E-state index >= 15 is 0 Å². The van der Waals surface area contributed by atoms with Crippen LogP contribution >= 0.6 is 35.0 Å². The number of aryl methyl sites for hydroxylation is 2. The van der Waals surface area contributed by atoms with Crippen molar-refractivity contribution in [1.29, 1.82) is 0 Å². The second-order valence-corrected chi connectivity index (χ2v) is 6.86. The molecule has 0 saturated heterocycles. The van der Waals surface area contributed by atoms with Crippen LogP contribution in [0.3, 0.4) is 0 Å². The maximum atomic E-state index is 12.0. The Morgan fingerprint density at radius 2 is 1.82 bits per heavy atom. The van der Waals surface area contributed by atoms with E-state index < -0.39 is 0 Å². The molecule has 0 aliphatic rings. The Balaban J connectivity index is 1.89. The average Bonchev–Trinajstić information content (AvgIpc) is 2.46. The molecule has 1 N–H and O–H groups in total. The first-order valence-corrected chi connectivity index (χ1v) is 8.76. The third-order valence-corrected chi connectivity index (χ3v) is 4.88. The van der Waals surface area contributed by atoms with Gasteiger partial charge in [-0.2, -0.15) is 0 Å². The number of nitrogens with one attached hydrogen (secondary N) is 1. The zero-order valence-electron chi connectivity index (χ0n) is 12.5. The molecule has 1 amide bonds. The summed E-state index contributed by atoms with van der Waals surface area (Å²) in [7, 11) is 0. The summed E-state index contributed by atoms with van der Waals surface area (Å²) in [6.07, 6.45) is 0. The summed E-state index contributed by atoms with van der Waals surface area (Å²) in [5, 5.41) is 4.21. The number of benzene rings is 2. The minimum Gasteiger partial charge on any atom is -0.325 e. The average molecular weight is 354 g/mol. The van der Waals surface area contributed by atoms with E-state index in [4.69, 9.17) is 23.2 Å². The molecule has 0 saturated carbocycles. The van der Waals surface area contributed by atoms with Crippen molar-refractivity contribution in [2.45, 2.75) is 19.6 Å². The van der Waals surface area contributed by atoms with Gasteiger partial charge < -0.3 is 5.32 Å². The van der Waals surface area contributed by atoms with Crippen LogP contribution in [0.25, 0.3) is 0 Å². The summed E-state index contributed by atoms with van der Waals surface area (Å²) < 4.78 is 0. The van der Waals surface area contributed by atoms with E-state index in [1.54, 1.807) is 12.1 Å². The molecule has 2 nitrogen and oxygen atoms in total. The van der Waals surface area contributed by atoms with Crippen LogP contribution in [0, 0.1) is 13.8 Å². The summed E-state index contributed by atoms with van der Waals surface area (Å²) in [6, 6.07) is 11.4. The van der Waals surface area contributed by atoms with Gasteiger partial charge in [0, 0.05) is 21.5 Å². The van der Waals surface area contributed by atoms with Gasteiger partial charge in [0.2, 0.25) is 5.91 Å². The van der Waals surface area contributed by atoms with Crippen molar-refractivity contribution in [2.75, 3.05) is 11.1 Å². The van der Waals surface area contributed by atoms with Crippen molar-refractivity contribution in [3.63, 3.8) is 0 Å². The fourth-order valence-corrected chi connectivity index (χ4v) is 3.54. The predicted octanol–water partition coefficient (Wildman–Crippen LogP) is 5.48. The normalized spacial score (nSPS) is 10.5. The molecule has 0 radical (unpaired) electrons. The van der Waals surface area contributed by atoms with Crippen LogP contribution in [0.1, 0.15) is 16.7 Å². The number of thioether (sulfide) groups is 1. The first-order chi connectivity index (χ1) is 10.5. The largest absolute Gasteiger partial charge is 0.325 e. The minimum atomic E-state index is -0.0260. The third kappa shape index (κ3) is 4.67. The Morgan fingerprint density at radius 3 is 2.50 bits per heavy atom. The highest BCUT2D eigenvalue weighted by Crippen LogP contribution is 2.28. The van der Waals surface area contributed by atoms with Crippen molar-refractivity contribution in [2.24, 2.45) is 0 Å². The van der Waals surface area contributed by atoms with E-state index in [-0.39, 0.29) is 5.91 Å². The lowest BCUT2D eigenvalue weighted by atomic mass is 10.1. The highest BCUT2D eigenvalue weighted by Gasteiger charge is 2.09. The van der Waals surface area contributed by atoms with Crippen molar-refractivity contribution < 1.29 is 4.79 Å². The Hall–Kier alpha value is -1.16. The van der Waals surface area contributed by atoms with Crippen LogP contribution < -0.4 is 5.32 Å². The fraction of sp³-hybridized carbons (Fsp3) is 0.235. The summed E-state index contributed by atoms with van der Waals surface area (Å²) in [5.41, 5.74) is 3.91. The van der Waals surface area contributed by atoms with Crippen LogP contribution in [0.4, 0.5) is 5.69 Å². The Morgan fingerprint density at radius 1 is 1.14 bits per heavy atom. The SMILES string of the molecule is Cc1ccc(C)c(NC(=O)CSCc2c(Cl)cccc2Cl)c1. The van der Waals surface area contributed by atoms with Crippen LogP contribution in [-0.4, -0.2) is 11.7 Å². The van der Waals surface area contributed by atoms with E-state index in [0.29, 0.717) is 21.6 Å². The van der Waals surface area contributed by atoms with Crippen LogP contribution in [0.2, 0.25) is 10.0 Å². The maximum Gasteiger partial charge on any atom is 0.234 e. The first kappa shape index (κ1) is 17.2. The third-order valence-electron chi connectivity index (χ3n) is 3.21. The highest BCUT2D eigenvalue weighted by molar-refractivity contribution is 7.99. The summed E-state index contributed by atoms with van der Waals surface area (Å²) in [4.78, 5) is 12.0. The second kappa shape index (κ2) is 7.91. The maximum absolute atomic E-state index is 12.0. The van der Waals surface area contributed by atoms with Gasteiger partial charge in [0.25, 0.3) is 0 Å². The van der Waals surface area contributed by atoms with Gasteiger partial charge >= 0.3 is 0 Å². The summed E-state index contributed by atoms with van der Waals surface area (Å²) in [5.74, 6) is 0.940. The molecule has 0 aliphatic heterocycles. The number of carbonyl (C=O) groups is 1. The van der Waals surface area contributed by atoms with Gasteiger partial charge in [0.15, 0.2) is 0 Å². The lowest BCUT2D eigenvalue weighted by Gasteiger charge is -2.10. The highest BCUT2D eigenvalue weighted by atomic mass is 35.5. The molecule has 0 aliphatic carbocycles. The molecule has 0 atom stereocenters. The number of halogens is 2. The number of hydrogen-bond acceptors (Lipinski definition) is 2. The summed E-state index contributed by atoms with van der Waals surface area (Å²) in [6.45, 7) is 3.98. The van der Waals surface area contributed by atoms with Gasteiger partial charge in [0.05, 0.1) is 5.75 Å². The fourth-order valence-electron chi connectivity index (χ4n) is 1.97. The van der Waals surface area contributed by atoms with E-state index in [2.05, 4.69) is 5.32 Å². The zero-order valence-corrected chi connectivity index (χ0v) is 14.8. The van der Waals surface area contributed by atoms with E-state index in [9.17, 15) is 4.79 Å². The molecule has 22 heavy (non-hydrogen) atoms. The van der Waals surface area contributed by atoms with Crippen molar-refractivity contribution in [1.82, 2.24) is 0 Å². The lowest BCUT2D eigenvalue weighted by Crippen LogP contribution is -2.15. The zero-order chi connectivity index (χ0) is 16.1. The van der Waals surface area contributed by atoms with Gasteiger partial charge in [0.1, 0.15) is 0 Å². The van der Waals surface area contributed by atoms with Gasteiger partial charge in [-0.25, -0.2) is 0 Å². The molecule has 2 aromatic rings. The molecule has 0 bridgehead atoms. The van der Waals surface area contributed by atoms with E-state index in [0.717, 1.165) is 22.4 Å². The second-order valence-electron chi connectivity index (χ2n) is 5.06. The molecule has 5 heteroatoms. The smallest absolute Gasteiger partial charge is 0.234 e. The molecule has 0 heterocycles. The molecule has 0 unspecified atom stereocenters. The monoisotopic (exact) mass is 353 g/mol. The lowest BCUT2D eigenvalue weighted by molar-refractivity contribution is -0.113. The van der Waals surface area contributed by atoms with E-state index in [1.165, 1.54) is 11.8 Å². The molecule has 0 fully saturated rings. The number of rotatable bonds is 5. The summed E-state index contributed by atoms with van der Waals surface area (Å²) >= 11 is 13.7. The van der Waals surface area contributed by atoms with Gasteiger partial charge in [-0.1, -0.05) is 41.4 Å². The Bertz CT molecular complexity index is 668. The first-order valence-electron chi connectivity index (χ1n) is 6.85. The quantitative estimate of drug-likeness (QED) is 0.770. The van der Waals surface area contributed by atoms with Crippen LogP contribution in [0.5, 0.6) is 0 Å². The van der Waals surface area contributed by atoms with Crippen molar-refractivity contribution in [3.05, 3.63) is 63.1 Å². The standard InChI is InChI=1S/C17H17Cl2NOS/c1-11-6-7-12(2)16(8-11)20-17(21)10-22-9-13-14(18)4-3-5-15(13)19/h3-8H,9-10H2,1-2H3,(H,20,21). The van der Waals surface area contributed by atoms with Crippen molar-refractivity contribution >= 4 is 46.6 Å².